The molecule has 1 aromatic heterocycles. The number of hydrazone groups is 1. The second-order valence-corrected chi connectivity index (χ2v) is 8.42. The lowest BCUT2D eigenvalue weighted by Crippen LogP contribution is -2.41. The summed E-state index contributed by atoms with van der Waals surface area (Å²) in [4.78, 5) is 31.5. The lowest BCUT2D eigenvalue weighted by molar-refractivity contribution is -0.114. The monoisotopic (exact) mass is 487 g/mol. The van der Waals surface area contributed by atoms with Crippen LogP contribution in [0.1, 0.15) is 41.3 Å². The van der Waals surface area contributed by atoms with Crippen molar-refractivity contribution in [3.63, 3.8) is 0 Å². The summed E-state index contributed by atoms with van der Waals surface area (Å²) >= 11 is 6.32. The number of hydrogen-bond acceptors (Lipinski definition) is 6. The van der Waals surface area contributed by atoms with Crippen LogP contribution in [0.4, 0.5) is 15.8 Å². The van der Waals surface area contributed by atoms with Gasteiger partial charge in [-0.05, 0) is 50.1 Å². The fraction of sp³-hybridized carbons (Fsp3) is 0.333. The fourth-order valence-electron chi connectivity index (χ4n) is 3.99. The minimum absolute atomic E-state index is 0.0671. The molecule has 0 saturated heterocycles. The third-order valence-corrected chi connectivity index (χ3v) is 6.11. The first-order valence-electron chi connectivity index (χ1n) is 10.7. The van der Waals surface area contributed by atoms with Gasteiger partial charge in [-0.2, -0.15) is 5.10 Å². The molecule has 180 valence electrons. The van der Waals surface area contributed by atoms with E-state index >= 15 is 4.39 Å². The van der Waals surface area contributed by atoms with Crippen molar-refractivity contribution in [3.05, 3.63) is 64.2 Å². The second kappa shape index (κ2) is 10.3. The van der Waals surface area contributed by atoms with Gasteiger partial charge in [-0.15, -0.1) is 0 Å². The zero-order valence-electron chi connectivity index (χ0n) is 19.5. The van der Waals surface area contributed by atoms with Crippen molar-refractivity contribution in [2.75, 3.05) is 36.7 Å². The van der Waals surface area contributed by atoms with Crippen molar-refractivity contribution in [1.29, 1.82) is 0 Å². The van der Waals surface area contributed by atoms with Crippen LogP contribution in [0.25, 0.3) is 0 Å². The van der Waals surface area contributed by atoms with Gasteiger partial charge in [-0.25, -0.2) is 9.37 Å². The molecule has 1 aromatic carbocycles. The number of carbonyl (C=O) groups is 2. The largest absolute Gasteiger partial charge is 0.388 e. The number of aliphatic hydroxyl groups is 1. The summed E-state index contributed by atoms with van der Waals surface area (Å²) in [6, 6.07) is 4.50. The van der Waals surface area contributed by atoms with E-state index in [4.69, 9.17) is 11.6 Å². The van der Waals surface area contributed by atoms with Crippen LogP contribution in [-0.2, 0) is 4.79 Å². The summed E-state index contributed by atoms with van der Waals surface area (Å²) in [6.45, 7) is 9.54. The molecule has 1 atom stereocenters. The Bertz CT molecular complexity index is 1150. The number of halogens is 2. The SMILES string of the molecule is C=C(C)C1CN(c2c(C)ccnc2Cl)C(=O)c2cc(F)c(N(C)/N=C(/CO)N(C=O)CC)cc21. The van der Waals surface area contributed by atoms with Gasteiger partial charge < -0.3 is 10.0 Å². The number of hydrogen-bond donors (Lipinski definition) is 1. The highest BCUT2D eigenvalue weighted by Crippen LogP contribution is 2.40. The molecule has 1 N–H and O–H groups in total. The Balaban J connectivity index is 2.11. The van der Waals surface area contributed by atoms with Crippen LogP contribution >= 0.6 is 11.6 Å². The molecule has 0 radical (unpaired) electrons. The Hall–Kier alpha value is -3.30. The van der Waals surface area contributed by atoms with Crippen molar-refractivity contribution >= 4 is 41.1 Å². The first-order valence-corrected chi connectivity index (χ1v) is 11.1. The highest BCUT2D eigenvalue weighted by molar-refractivity contribution is 6.33. The molecule has 0 saturated carbocycles. The molecule has 0 spiro atoms. The van der Waals surface area contributed by atoms with Crippen molar-refractivity contribution < 1.29 is 19.1 Å². The number of rotatable bonds is 7. The normalized spacial score (nSPS) is 15.7. The molecule has 2 amide bonds. The van der Waals surface area contributed by atoms with E-state index in [1.54, 1.807) is 25.3 Å². The van der Waals surface area contributed by atoms with Crippen LogP contribution in [0, 0.1) is 12.7 Å². The van der Waals surface area contributed by atoms with Gasteiger partial charge in [-0.1, -0.05) is 23.8 Å². The van der Waals surface area contributed by atoms with E-state index in [9.17, 15) is 14.7 Å². The summed E-state index contributed by atoms with van der Waals surface area (Å²) in [5.74, 6) is -1.30. The fourth-order valence-corrected chi connectivity index (χ4v) is 4.30. The number of benzene rings is 1. The van der Waals surface area contributed by atoms with Gasteiger partial charge >= 0.3 is 0 Å². The Kier molecular flexibility index (Phi) is 7.68. The van der Waals surface area contributed by atoms with Gasteiger partial charge in [0.2, 0.25) is 6.41 Å². The number of likely N-dealkylation sites (N-methyl/N-ethyl adjacent to an activating group) is 1. The average Bonchev–Trinajstić information content (AvgIpc) is 2.79. The predicted octanol–water partition coefficient (Wildman–Crippen LogP) is 3.72. The number of pyridine rings is 1. The first kappa shape index (κ1) is 25.3. The van der Waals surface area contributed by atoms with Gasteiger partial charge in [0.1, 0.15) is 12.4 Å². The molecular formula is C24H27ClFN5O3. The van der Waals surface area contributed by atoms with Crippen LogP contribution in [0.15, 0.2) is 41.6 Å². The van der Waals surface area contributed by atoms with Crippen molar-refractivity contribution in [1.82, 2.24) is 9.88 Å². The summed E-state index contributed by atoms with van der Waals surface area (Å²) in [6.07, 6.45) is 2.11. The van der Waals surface area contributed by atoms with Crippen molar-refractivity contribution in [2.45, 2.75) is 26.7 Å². The molecule has 2 aromatic rings. The van der Waals surface area contributed by atoms with E-state index in [1.165, 1.54) is 27.9 Å². The number of amides is 2. The number of aromatic nitrogens is 1. The third kappa shape index (κ3) is 4.67. The molecule has 3 rings (SSSR count). The maximum absolute atomic E-state index is 15.2. The predicted molar refractivity (Wildman–Crippen MR) is 131 cm³/mol. The lowest BCUT2D eigenvalue weighted by atomic mass is 9.84. The first-order chi connectivity index (χ1) is 16.1. The topological polar surface area (TPSA) is 89.3 Å². The molecule has 1 aliphatic heterocycles. The average molecular weight is 488 g/mol. The van der Waals surface area contributed by atoms with E-state index in [2.05, 4.69) is 16.7 Å². The van der Waals surface area contributed by atoms with Crippen LogP contribution in [0.2, 0.25) is 5.15 Å². The van der Waals surface area contributed by atoms with Crippen molar-refractivity contribution in [3.8, 4) is 0 Å². The van der Waals surface area contributed by atoms with Gasteiger partial charge in [0.15, 0.2) is 11.0 Å². The quantitative estimate of drug-likeness (QED) is 0.160. The van der Waals surface area contributed by atoms with E-state index < -0.39 is 18.3 Å². The van der Waals surface area contributed by atoms with Crippen LogP contribution in [0.3, 0.4) is 0 Å². The summed E-state index contributed by atoms with van der Waals surface area (Å²) in [5.41, 5.74) is 2.94. The number of carbonyl (C=O) groups excluding carboxylic acids is 2. The number of nitrogens with zero attached hydrogens (tertiary/aromatic N) is 5. The maximum atomic E-state index is 15.2. The zero-order chi connectivity index (χ0) is 25.2. The standard InChI is InChI=1S/C24H27ClFN5O3/c1-6-30(13-33)21(12-32)28-29(5)20-10-16-17(9-19(20)26)24(34)31(11-18(16)14(2)3)22-15(4)7-8-27-23(22)25/h7-10,13,18,32H,2,6,11-12H2,1,3-5H3/b28-21-. The second-order valence-electron chi connectivity index (χ2n) is 8.06. The minimum atomic E-state index is -0.680. The van der Waals surface area contributed by atoms with Gasteiger partial charge in [0.05, 0.1) is 11.4 Å². The van der Waals surface area contributed by atoms with Crippen LogP contribution < -0.4 is 9.91 Å². The Labute approximate surface area is 202 Å². The van der Waals surface area contributed by atoms with Gasteiger partial charge in [0.25, 0.3) is 5.91 Å². The molecule has 0 bridgehead atoms. The number of amidine groups is 1. The number of anilines is 2. The molecule has 1 aliphatic rings. The number of aryl methyl sites for hydroxylation is 1. The summed E-state index contributed by atoms with van der Waals surface area (Å²) < 4.78 is 15.2. The Morgan fingerprint density at radius 3 is 2.74 bits per heavy atom. The highest BCUT2D eigenvalue weighted by atomic mass is 35.5. The molecule has 1 unspecified atom stereocenters. The summed E-state index contributed by atoms with van der Waals surface area (Å²) in [5, 5.41) is 15.2. The Morgan fingerprint density at radius 1 is 1.47 bits per heavy atom. The van der Waals surface area contributed by atoms with Crippen LogP contribution in [-0.4, -0.2) is 59.9 Å². The van der Waals surface area contributed by atoms with Gasteiger partial charge in [0, 0.05) is 37.8 Å². The highest BCUT2D eigenvalue weighted by Gasteiger charge is 2.35. The molecule has 34 heavy (non-hydrogen) atoms. The summed E-state index contributed by atoms with van der Waals surface area (Å²) in [7, 11) is 1.50. The van der Waals surface area contributed by atoms with E-state index in [0.29, 0.717) is 24.2 Å². The molecule has 8 nitrogen and oxygen atoms in total. The third-order valence-electron chi connectivity index (χ3n) is 5.84. The van der Waals surface area contributed by atoms with E-state index in [-0.39, 0.29) is 34.7 Å². The number of fused-ring (bicyclic) bond motifs is 1. The lowest BCUT2D eigenvalue weighted by Gasteiger charge is -2.36. The molecular weight excluding hydrogens is 461 g/mol. The minimum Gasteiger partial charge on any atom is -0.388 e. The number of aliphatic hydroxyl groups excluding tert-OH is 1. The van der Waals surface area contributed by atoms with E-state index in [0.717, 1.165) is 11.1 Å². The van der Waals surface area contributed by atoms with Crippen LogP contribution in [0.5, 0.6) is 0 Å². The molecule has 0 aliphatic carbocycles. The smallest absolute Gasteiger partial charge is 0.258 e. The maximum Gasteiger partial charge on any atom is 0.258 e. The van der Waals surface area contributed by atoms with Gasteiger partial charge in [-0.3, -0.25) is 19.5 Å². The van der Waals surface area contributed by atoms with E-state index in [1.807, 2.05) is 13.8 Å². The molecule has 10 heteroatoms. The zero-order valence-corrected chi connectivity index (χ0v) is 20.3. The Morgan fingerprint density at radius 2 is 2.18 bits per heavy atom. The molecule has 0 fully saturated rings. The van der Waals surface area contributed by atoms with Crippen molar-refractivity contribution in [2.24, 2.45) is 5.10 Å². The molecule has 2 heterocycles.